The highest BCUT2D eigenvalue weighted by Gasteiger charge is 2.27. The third kappa shape index (κ3) is 3.31. The number of methoxy groups -OCH3 is 1. The standard InChI is InChI=1S/C18H20N4O4/c1-10-15-13(4-3-5-14(15)26-16(10)18(24)20-19)21-22-17(23)11-6-8-12(25-2)9-7-11/h6-9H,3-5,19H2,1-2H3,(H,20,24)(H,22,23)/b21-13+. The van der Waals surface area contributed by atoms with Crippen molar-refractivity contribution < 1.29 is 18.7 Å². The zero-order chi connectivity index (χ0) is 18.7. The van der Waals surface area contributed by atoms with Crippen LogP contribution in [0.2, 0.25) is 0 Å². The maximum absolute atomic E-state index is 12.3. The highest BCUT2D eigenvalue weighted by Crippen LogP contribution is 2.29. The lowest BCUT2D eigenvalue weighted by atomic mass is 9.93. The van der Waals surface area contributed by atoms with Gasteiger partial charge in [-0.25, -0.2) is 11.3 Å². The van der Waals surface area contributed by atoms with E-state index in [-0.39, 0.29) is 11.7 Å². The van der Waals surface area contributed by atoms with Crippen LogP contribution in [0.3, 0.4) is 0 Å². The summed E-state index contributed by atoms with van der Waals surface area (Å²) in [5.41, 5.74) is 7.23. The number of nitrogens with one attached hydrogen (secondary N) is 2. The monoisotopic (exact) mass is 356 g/mol. The number of rotatable bonds is 4. The Morgan fingerprint density at radius 3 is 2.58 bits per heavy atom. The number of hydrazone groups is 1. The number of ether oxygens (including phenoxy) is 1. The molecule has 0 aliphatic heterocycles. The van der Waals surface area contributed by atoms with Crippen LogP contribution in [0.1, 0.15) is 50.6 Å². The average molecular weight is 356 g/mol. The molecule has 26 heavy (non-hydrogen) atoms. The largest absolute Gasteiger partial charge is 0.497 e. The van der Waals surface area contributed by atoms with Crippen LogP contribution in [0.4, 0.5) is 0 Å². The normalized spacial score (nSPS) is 14.7. The van der Waals surface area contributed by atoms with E-state index in [4.69, 9.17) is 15.0 Å². The van der Waals surface area contributed by atoms with Gasteiger partial charge in [0.15, 0.2) is 5.76 Å². The summed E-state index contributed by atoms with van der Waals surface area (Å²) in [5.74, 6) is 5.91. The number of furan rings is 1. The molecule has 1 aromatic carbocycles. The van der Waals surface area contributed by atoms with Gasteiger partial charge in [0.25, 0.3) is 5.91 Å². The first-order valence-corrected chi connectivity index (χ1v) is 8.19. The second-order valence-corrected chi connectivity index (χ2v) is 5.91. The lowest BCUT2D eigenvalue weighted by Crippen LogP contribution is -2.30. The van der Waals surface area contributed by atoms with Gasteiger partial charge in [-0.2, -0.15) is 5.10 Å². The molecule has 0 saturated carbocycles. The maximum atomic E-state index is 12.3. The first-order valence-electron chi connectivity index (χ1n) is 8.19. The Morgan fingerprint density at radius 2 is 1.92 bits per heavy atom. The molecule has 1 aliphatic carbocycles. The maximum Gasteiger partial charge on any atom is 0.301 e. The summed E-state index contributed by atoms with van der Waals surface area (Å²) in [5, 5.41) is 4.27. The van der Waals surface area contributed by atoms with Crippen LogP contribution in [-0.4, -0.2) is 24.6 Å². The number of carbonyl (C=O) groups excluding carboxylic acids is 2. The van der Waals surface area contributed by atoms with Gasteiger partial charge in [0.1, 0.15) is 11.5 Å². The van der Waals surface area contributed by atoms with E-state index in [9.17, 15) is 9.59 Å². The number of aryl methyl sites for hydroxylation is 1. The molecule has 1 heterocycles. The lowest BCUT2D eigenvalue weighted by Gasteiger charge is -2.13. The van der Waals surface area contributed by atoms with Crippen molar-refractivity contribution in [3.05, 3.63) is 52.5 Å². The molecule has 1 aliphatic rings. The van der Waals surface area contributed by atoms with Crippen LogP contribution in [-0.2, 0) is 6.42 Å². The van der Waals surface area contributed by atoms with Crippen molar-refractivity contribution in [3.8, 4) is 5.75 Å². The van der Waals surface area contributed by atoms with E-state index >= 15 is 0 Å². The molecular formula is C18H20N4O4. The van der Waals surface area contributed by atoms with Gasteiger partial charge in [0.05, 0.1) is 12.8 Å². The van der Waals surface area contributed by atoms with Crippen LogP contribution in [0.25, 0.3) is 0 Å². The van der Waals surface area contributed by atoms with Crippen molar-refractivity contribution in [1.29, 1.82) is 0 Å². The Hall–Kier alpha value is -3.13. The van der Waals surface area contributed by atoms with E-state index in [2.05, 4.69) is 16.0 Å². The Morgan fingerprint density at radius 1 is 1.19 bits per heavy atom. The van der Waals surface area contributed by atoms with Crippen LogP contribution >= 0.6 is 0 Å². The molecule has 3 rings (SSSR count). The number of benzene rings is 1. The highest BCUT2D eigenvalue weighted by atomic mass is 16.5. The number of nitrogen functional groups attached to an aromatic ring is 1. The molecule has 8 nitrogen and oxygen atoms in total. The van der Waals surface area contributed by atoms with Gasteiger partial charge < -0.3 is 9.15 Å². The van der Waals surface area contributed by atoms with Crippen molar-refractivity contribution in [2.24, 2.45) is 10.9 Å². The highest BCUT2D eigenvalue weighted by molar-refractivity contribution is 6.07. The molecule has 2 aromatic rings. The summed E-state index contributed by atoms with van der Waals surface area (Å²) < 4.78 is 10.7. The topological polar surface area (TPSA) is 119 Å². The average Bonchev–Trinajstić information content (AvgIpc) is 3.03. The summed E-state index contributed by atoms with van der Waals surface area (Å²) in [4.78, 5) is 24.1. The number of hydrogen-bond acceptors (Lipinski definition) is 6. The van der Waals surface area contributed by atoms with E-state index in [0.717, 1.165) is 12.0 Å². The number of hydrazine groups is 1. The molecule has 2 amide bonds. The van der Waals surface area contributed by atoms with E-state index in [1.807, 2.05) is 0 Å². The fourth-order valence-electron chi connectivity index (χ4n) is 2.99. The predicted molar refractivity (Wildman–Crippen MR) is 95.0 cm³/mol. The Kier molecular flexibility index (Phi) is 5.04. The van der Waals surface area contributed by atoms with E-state index in [1.54, 1.807) is 38.3 Å². The van der Waals surface area contributed by atoms with Crippen molar-refractivity contribution in [2.75, 3.05) is 7.11 Å². The molecule has 136 valence electrons. The molecule has 0 radical (unpaired) electrons. The second kappa shape index (κ2) is 7.40. The molecule has 8 heteroatoms. The summed E-state index contributed by atoms with van der Waals surface area (Å²) in [6.45, 7) is 1.78. The quantitative estimate of drug-likeness (QED) is 0.437. The van der Waals surface area contributed by atoms with Gasteiger partial charge in [-0.15, -0.1) is 0 Å². The van der Waals surface area contributed by atoms with Gasteiger partial charge in [0, 0.05) is 23.1 Å². The Balaban J connectivity index is 1.83. The van der Waals surface area contributed by atoms with Crippen LogP contribution in [0.5, 0.6) is 5.75 Å². The van der Waals surface area contributed by atoms with Crippen molar-refractivity contribution >= 4 is 17.5 Å². The van der Waals surface area contributed by atoms with Crippen molar-refractivity contribution in [3.63, 3.8) is 0 Å². The van der Waals surface area contributed by atoms with Gasteiger partial charge in [-0.1, -0.05) is 0 Å². The van der Waals surface area contributed by atoms with Gasteiger partial charge >= 0.3 is 5.91 Å². The minimum atomic E-state index is -0.487. The smallest absolute Gasteiger partial charge is 0.301 e. The molecular weight excluding hydrogens is 336 g/mol. The molecule has 0 atom stereocenters. The molecule has 0 fully saturated rings. The fraction of sp³-hybridized carbons (Fsp3) is 0.278. The van der Waals surface area contributed by atoms with Crippen LogP contribution in [0.15, 0.2) is 33.8 Å². The lowest BCUT2D eigenvalue weighted by molar-refractivity contribution is 0.0921. The number of hydrogen-bond donors (Lipinski definition) is 3. The van der Waals surface area contributed by atoms with Gasteiger partial charge in [-0.05, 0) is 44.0 Å². The van der Waals surface area contributed by atoms with Crippen LogP contribution in [0, 0.1) is 6.92 Å². The minimum absolute atomic E-state index is 0.175. The summed E-state index contributed by atoms with van der Waals surface area (Å²) in [7, 11) is 1.56. The van der Waals surface area contributed by atoms with E-state index in [0.29, 0.717) is 41.2 Å². The number of fused-ring (bicyclic) bond motifs is 1. The number of amides is 2. The van der Waals surface area contributed by atoms with Crippen molar-refractivity contribution in [2.45, 2.75) is 26.2 Å². The Labute approximate surface area is 150 Å². The molecule has 0 unspecified atom stereocenters. The minimum Gasteiger partial charge on any atom is -0.497 e. The third-order valence-corrected chi connectivity index (χ3v) is 4.31. The van der Waals surface area contributed by atoms with Gasteiger partial charge in [-0.3, -0.25) is 15.0 Å². The number of nitrogens with two attached hydrogens (primary N) is 1. The summed E-state index contributed by atoms with van der Waals surface area (Å²) in [6, 6.07) is 6.73. The van der Waals surface area contributed by atoms with E-state index in [1.165, 1.54) is 0 Å². The zero-order valence-corrected chi connectivity index (χ0v) is 14.6. The molecule has 4 N–H and O–H groups in total. The van der Waals surface area contributed by atoms with Gasteiger partial charge in [0.2, 0.25) is 0 Å². The first-order chi connectivity index (χ1) is 12.5. The molecule has 0 saturated heterocycles. The molecule has 0 spiro atoms. The third-order valence-electron chi connectivity index (χ3n) is 4.31. The second-order valence-electron chi connectivity index (χ2n) is 5.91. The fourth-order valence-corrected chi connectivity index (χ4v) is 2.99. The predicted octanol–water partition coefficient (Wildman–Crippen LogP) is 1.67. The number of carbonyl (C=O) groups is 2. The molecule has 1 aromatic heterocycles. The summed E-state index contributed by atoms with van der Waals surface area (Å²) >= 11 is 0. The number of nitrogens with zero attached hydrogens (tertiary/aromatic N) is 1. The molecule has 0 bridgehead atoms. The van der Waals surface area contributed by atoms with Crippen molar-refractivity contribution in [1.82, 2.24) is 10.9 Å². The first kappa shape index (κ1) is 17.7. The Bertz CT molecular complexity index is 868. The van der Waals surface area contributed by atoms with Crippen LogP contribution < -0.4 is 21.4 Å². The SMILES string of the molecule is COc1ccc(C(=O)N/N=C2\CCCc3oc(C(=O)NN)c(C)c32)cc1. The zero-order valence-electron chi connectivity index (χ0n) is 14.6. The van der Waals surface area contributed by atoms with E-state index < -0.39 is 5.91 Å². The summed E-state index contributed by atoms with van der Waals surface area (Å²) in [6.07, 6.45) is 2.21.